The van der Waals surface area contributed by atoms with E-state index in [-0.39, 0.29) is 0 Å². The van der Waals surface area contributed by atoms with Crippen molar-refractivity contribution in [3.63, 3.8) is 0 Å². The molecule has 0 amide bonds. The van der Waals surface area contributed by atoms with Gasteiger partial charge in [-0.2, -0.15) is 0 Å². The minimum atomic E-state index is -1.22. The molecular formula is C14H18O3. The first-order chi connectivity index (χ1) is 8.05. The molecule has 1 aromatic carbocycles. The van der Waals surface area contributed by atoms with E-state index in [0.717, 1.165) is 30.4 Å². The Hall–Kier alpha value is -1.35. The Labute approximate surface area is 101 Å². The number of fused-ring (bicyclic) bond motifs is 1. The summed E-state index contributed by atoms with van der Waals surface area (Å²) in [6, 6.07) is 7.65. The van der Waals surface area contributed by atoms with Crippen LogP contribution in [0.2, 0.25) is 0 Å². The van der Waals surface area contributed by atoms with Crippen LogP contribution in [-0.2, 0) is 16.8 Å². The molecule has 17 heavy (non-hydrogen) atoms. The van der Waals surface area contributed by atoms with E-state index in [2.05, 4.69) is 0 Å². The normalized spacial score (nSPS) is 25.8. The lowest BCUT2D eigenvalue weighted by atomic mass is 9.78. The topological polar surface area (TPSA) is 57.5 Å². The summed E-state index contributed by atoms with van der Waals surface area (Å²) < 4.78 is 0. The summed E-state index contributed by atoms with van der Waals surface area (Å²) in [5.41, 5.74) is 0.659. The summed E-state index contributed by atoms with van der Waals surface area (Å²) >= 11 is 0. The molecule has 0 heterocycles. The molecule has 2 rings (SSSR count). The molecule has 0 aliphatic heterocycles. The van der Waals surface area contributed by atoms with Crippen LogP contribution in [0.25, 0.3) is 0 Å². The molecule has 0 aromatic heterocycles. The Morgan fingerprint density at radius 2 is 2.06 bits per heavy atom. The summed E-state index contributed by atoms with van der Waals surface area (Å²) in [5.74, 6) is -1.72. The summed E-state index contributed by atoms with van der Waals surface area (Å²) in [6.07, 6.45) is 3.32. The van der Waals surface area contributed by atoms with Crippen molar-refractivity contribution in [2.45, 2.75) is 38.2 Å². The minimum Gasteiger partial charge on any atom is -0.481 e. The van der Waals surface area contributed by atoms with Gasteiger partial charge in [-0.1, -0.05) is 24.3 Å². The van der Waals surface area contributed by atoms with Gasteiger partial charge < -0.3 is 10.2 Å². The van der Waals surface area contributed by atoms with E-state index in [0.29, 0.717) is 6.42 Å². The first-order valence-electron chi connectivity index (χ1n) is 6.09. The maximum Gasteiger partial charge on any atom is 0.309 e. The predicted molar refractivity (Wildman–Crippen MR) is 64.7 cm³/mol. The smallest absolute Gasteiger partial charge is 0.309 e. The van der Waals surface area contributed by atoms with Crippen molar-refractivity contribution in [2.24, 2.45) is 5.92 Å². The number of benzene rings is 1. The molecule has 2 N–H and O–H groups in total. The monoisotopic (exact) mass is 234 g/mol. The van der Waals surface area contributed by atoms with Crippen molar-refractivity contribution < 1.29 is 15.0 Å². The molecule has 1 aliphatic carbocycles. The summed E-state index contributed by atoms with van der Waals surface area (Å²) in [5, 5.41) is 19.9. The van der Waals surface area contributed by atoms with Gasteiger partial charge in [0.15, 0.2) is 0 Å². The highest BCUT2D eigenvalue weighted by molar-refractivity contribution is 5.71. The zero-order valence-corrected chi connectivity index (χ0v) is 10.0. The lowest BCUT2D eigenvalue weighted by molar-refractivity contribution is -0.152. The fourth-order valence-electron chi connectivity index (χ4n) is 2.66. The lowest BCUT2D eigenvalue weighted by Crippen LogP contribution is -2.38. The number of carboxylic acid groups (broad SMARTS) is 1. The highest BCUT2D eigenvalue weighted by Crippen LogP contribution is 2.39. The molecule has 3 heteroatoms. The molecule has 0 radical (unpaired) electrons. The number of hydrogen-bond donors (Lipinski definition) is 2. The Bertz CT molecular complexity index is 427. The maximum atomic E-state index is 11.2. The third-order valence-electron chi connectivity index (χ3n) is 3.82. The van der Waals surface area contributed by atoms with E-state index >= 15 is 0 Å². The van der Waals surface area contributed by atoms with Gasteiger partial charge in [0.05, 0.1) is 5.92 Å². The van der Waals surface area contributed by atoms with E-state index < -0.39 is 17.5 Å². The summed E-state index contributed by atoms with van der Waals surface area (Å²) in [6.45, 7) is 1.59. The fourth-order valence-corrected chi connectivity index (χ4v) is 2.66. The van der Waals surface area contributed by atoms with E-state index in [1.165, 1.54) is 0 Å². The van der Waals surface area contributed by atoms with Crippen molar-refractivity contribution in [2.75, 3.05) is 0 Å². The first kappa shape index (κ1) is 12.1. The fraction of sp³-hybridized carbons (Fsp3) is 0.500. The van der Waals surface area contributed by atoms with E-state index in [1.807, 2.05) is 24.3 Å². The Balaban J connectivity index is 2.50. The molecule has 1 aliphatic rings. The zero-order valence-electron chi connectivity index (χ0n) is 10.0. The highest BCUT2D eigenvalue weighted by Gasteiger charge is 2.41. The second-order valence-electron chi connectivity index (χ2n) is 4.85. The second kappa shape index (κ2) is 4.49. The summed E-state index contributed by atoms with van der Waals surface area (Å²) in [4.78, 5) is 11.2. The van der Waals surface area contributed by atoms with Crippen molar-refractivity contribution >= 4 is 5.97 Å². The van der Waals surface area contributed by atoms with E-state index in [9.17, 15) is 9.90 Å². The Morgan fingerprint density at radius 1 is 1.35 bits per heavy atom. The molecule has 92 valence electrons. The van der Waals surface area contributed by atoms with Gasteiger partial charge in [0.2, 0.25) is 0 Å². The average molecular weight is 234 g/mol. The van der Waals surface area contributed by atoms with Gasteiger partial charge in [0, 0.05) is 0 Å². The minimum absolute atomic E-state index is 0.525. The van der Waals surface area contributed by atoms with Gasteiger partial charge in [-0.25, -0.2) is 0 Å². The molecule has 3 nitrogen and oxygen atoms in total. The zero-order chi connectivity index (χ0) is 12.5. The van der Waals surface area contributed by atoms with Crippen LogP contribution in [0.15, 0.2) is 24.3 Å². The number of carbonyl (C=O) groups is 1. The molecular weight excluding hydrogens is 216 g/mol. The molecule has 0 saturated carbocycles. The van der Waals surface area contributed by atoms with Crippen molar-refractivity contribution in [3.05, 3.63) is 35.4 Å². The van der Waals surface area contributed by atoms with Crippen molar-refractivity contribution in [1.82, 2.24) is 0 Å². The van der Waals surface area contributed by atoms with E-state index in [4.69, 9.17) is 5.11 Å². The molecule has 0 fully saturated rings. The van der Waals surface area contributed by atoms with Crippen LogP contribution in [0, 0.1) is 5.92 Å². The molecule has 0 spiro atoms. The van der Waals surface area contributed by atoms with Crippen LogP contribution in [0.1, 0.15) is 37.3 Å². The second-order valence-corrected chi connectivity index (χ2v) is 4.85. The van der Waals surface area contributed by atoms with Crippen LogP contribution >= 0.6 is 0 Å². The maximum absolute atomic E-state index is 11.2. The Kier molecular flexibility index (Phi) is 3.20. The number of carboxylic acids is 1. The SMILES string of the molecule is C[C@H](C(=O)O)[C@]1(O)CCCCc2ccccc21. The number of aliphatic hydroxyl groups is 1. The molecule has 0 saturated heterocycles. The van der Waals surface area contributed by atoms with Gasteiger partial charge in [0.25, 0.3) is 0 Å². The van der Waals surface area contributed by atoms with Gasteiger partial charge in [-0.15, -0.1) is 0 Å². The van der Waals surface area contributed by atoms with Gasteiger partial charge in [-0.05, 0) is 43.7 Å². The standard InChI is InChI=1S/C14H18O3/c1-10(13(15)16)14(17)9-5-4-7-11-6-2-3-8-12(11)14/h2-3,6,8,10,17H,4-5,7,9H2,1H3,(H,15,16)/t10-,14-/m1/s1. The van der Waals surface area contributed by atoms with Crippen LogP contribution in [0.4, 0.5) is 0 Å². The highest BCUT2D eigenvalue weighted by atomic mass is 16.4. The molecule has 1 aromatic rings. The van der Waals surface area contributed by atoms with Gasteiger partial charge >= 0.3 is 5.97 Å². The van der Waals surface area contributed by atoms with Crippen molar-refractivity contribution in [3.8, 4) is 0 Å². The quantitative estimate of drug-likeness (QED) is 0.772. The largest absolute Gasteiger partial charge is 0.481 e. The van der Waals surface area contributed by atoms with Crippen LogP contribution < -0.4 is 0 Å². The van der Waals surface area contributed by atoms with Crippen LogP contribution in [-0.4, -0.2) is 16.2 Å². The number of rotatable bonds is 2. The van der Waals surface area contributed by atoms with Crippen LogP contribution in [0.5, 0.6) is 0 Å². The molecule has 0 unspecified atom stereocenters. The third-order valence-corrected chi connectivity index (χ3v) is 3.82. The lowest BCUT2D eigenvalue weighted by Gasteiger charge is -2.32. The molecule has 2 atom stereocenters. The number of aliphatic carboxylic acids is 1. The number of hydrogen-bond acceptors (Lipinski definition) is 2. The van der Waals surface area contributed by atoms with Crippen LogP contribution in [0.3, 0.4) is 0 Å². The predicted octanol–water partition coefficient (Wildman–Crippen LogP) is 2.32. The summed E-state index contributed by atoms with van der Waals surface area (Å²) in [7, 11) is 0. The number of aryl methyl sites for hydroxylation is 1. The first-order valence-corrected chi connectivity index (χ1v) is 6.09. The average Bonchev–Trinajstić information content (AvgIpc) is 2.49. The third kappa shape index (κ3) is 2.07. The van der Waals surface area contributed by atoms with Gasteiger partial charge in [-0.3, -0.25) is 4.79 Å². The Morgan fingerprint density at radius 3 is 2.76 bits per heavy atom. The molecule has 0 bridgehead atoms. The van der Waals surface area contributed by atoms with Gasteiger partial charge in [0.1, 0.15) is 5.60 Å². The van der Waals surface area contributed by atoms with Crippen molar-refractivity contribution in [1.29, 1.82) is 0 Å². The van der Waals surface area contributed by atoms with E-state index in [1.54, 1.807) is 6.92 Å².